The average molecular weight is 645 g/mol. The molecule has 7 heteroatoms. The lowest BCUT2D eigenvalue weighted by Gasteiger charge is -2.34. The standard InChI is InChI=1S/C41H29N2O4P/c44-39-33-16-13-30(22-36(33)40(45)43(39)48)47-32-15-18-38-35(21-32)34-20-31(46-29-12-11-25-23-42-24-26(25)19-29)14-17-37(34)41(38,27-7-3-1-4-8-27)28-9-5-2-6-10-28/h1-22,42H,23-24,48H2. The summed E-state index contributed by atoms with van der Waals surface area (Å²) < 4.78 is 13.9. The number of imide groups is 1. The number of nitrogens with zero attached hydrogens (tertiary/aromatic N) is 1. The van der Waals surface area contributed by atoms with Crippen molar-refractivity contribution in [3.63, 3.8) is 0 Å². The molecular weight excluding hydrogens is 615 g/mol. The van der Waals surface area contributed by atoms with Gasteiger partial charge in [-0.1, -0.05) is 78.9 Å². The molecule has 0 radical (unpaired) electrons. The van der Waals surface area contributed by atoms with Gasteiger partial charge in [0.25, 0.3) is 11.8 Å². The Bertz CT molecular complexity index is 2250. The van der Waals surface area contributed by atoms with Crippen LogP contribution >= 0.6 is 9.39 Å². The van der Waals surface area contributed by atoms with Crippen LogP contribution in [0.15, 0.2) is 133 Å². The third-order valence-electron chi connectivity index (χ3n) is 9.66. The van der Waals surface area contributed by atoms with E-state index in [0.717, 1.165) is 62.6 Å². The van der Waals surface area contributed by atoms with E-state index >= 15 is 0 Å². The lowest BCUT2D eigenvalue weighted by atomic mass is 9.68. The molecule has 0 bridgehead atoms. The molecule has 9 rings (SSSR count). The largest absolute Gasteiger partial charge is 0.457 e. The van der Waals surface area contributed by atoms with Gasteiger partial charge in [-0.05, 0) is 108 Å². The summed E-state index contributed by atoms with van der Waals surface area (Å²) in [6, 6.07) is 45.1. The molecule has 2 amide bonds. The number of carbonyl (C=O) groups is 2. The van der Waals surface area contributed by atoms with E-state index < -0.39 is 5.41 Å². The van der Waals surface area contributed by atoms with Crippen LogP contribution in [0, 0.1) is 0 Å². The predicted octanol–water partition coefficient (Wildman–Crippen LogP) is 8.62. The van der Waals surface area contributed by atoms with Gasteiger partial charge in [0, 0.05) is 13.1 Å². The number of carbonyl (C=O) groups excluding carboxylic acids is 2. The SMILES string of the molecule is O=C1c2ccc(Oc3ccc4c(c3)-c3cc(Oc5ccc6c(c5)CNC6)ccc3C4(c3ccccc3)c3ccccc3)cc2C(=O)N1P. The number of hydrogen-bond acceptors (Lipinski definition) is 5. The molecule has 2 heterocycles. The van der Waals surface area contributed by atoms with Gasteiger partial charge in [0.05, 0.1) is 16.5 Å². The van der Waals surface area contributed by atoms with E-state index in [4.69, 9.17) is 9.47 Å². The minimum Gasteiger partial charge on any atom is -0.457 e. The number of hydrogen-bond donors (Lipinski definition) is 1. The second kappa shape index (κ2) is 11.0. The topological polar surface area (TPSA) is 67.9 Å². The van der Waals surface area contributed by atoms with Gasteiger partial charge < -0.3 is 14.8 Å². The molecule has 6 aromatic rings. The van der Waals surface area contributed by atoms with Crippen molar-refractivity contribution in [1.29, 1.82) is 0 Å². The van der Waals surface area contributed by atoms with Crippen LogP contribution in [0.25, 0.3) is 11.1 Å². The Morgan fingerprint density at radius 1 is 0.521 bits per heavy atom. The minimum atomic E-state index is -0.577. The second-order valence-corrected chi connectivity index (χ2v) is 12.8. The van der Waals surface area contributed by atoms with Crippen molar-refractivity contribution >= 4 is 21.2 Å². The number of benzene rings is 6. The first kappa shape index (κ1) is 28.7. The van der Waals surface area contributed by atoms with Gasteiger partial charge in [0.2, 0.25) is 0 Å². The maximum Gasteiger partial charge on any atom is 0.264 e. The van der Waals surface area contributed by atoms with Crippen molar-refractivity contribution in [3.8, 4) is 34.1 Å². The fourth-order valence-electron chi connectivity index (χ4n) is 7.49. The van der Waals surface area contributed by atoms with Crippen LogP contribution in [0.4, 0.5) is 0 Å². The van der Waals surface area contributed by atoms with Crippen molar-refractivity contribution in [2.45, 2.75) is 18.5 Å². The Balaban J connectivity index is 1.19. The number of amides is 2. The van der Waals surface area contributed by atoms with Gasteiger partial charge in [-0.3, -0.25) is 14.3 Å². The third-order valence-corrected chi connectivity index (χ3v) is 10.1. The molecule has 6 aromatic carbocycles. The average Bonchev–Trinajstić information content (AvgIpc) is 3.77. The summed E-state index contributed by atoms with van der Waals surface area (Å²) in [6.07, 6.45) is 0. The Kier molecular flexibility index (Phi) is 6.58. The smallest absolute Gasteiger partial charge is 0.264 e. The highest BCUT2D eigenvalue weighted by molar-refractivity contribution is 7.16. The Hall–Kier alpha value is -5.55. The summed E-state index contributed by atoms with van der Waals surface area (Å²) in [7, 11) is 2.19. The Morgan fingerprint density at radius 2 is 1.00 bits per heavy atom. The fraction of sp³-hybridized carbons (Fsp3) is 0.0732. The summed E-state index contributed by atoms with van der Waals surface area (Å²) >= 11 is 0. The van der Waals surface area contributed by atoms with E-state index in [1.807, 2.05) is 24.3 Å². The Morgan fingerprint density at radius 3 is 1.60 bits per heavy atom. The predicted molar refractivity (Wildman–Crippen MR) is 188 cm³/mol. The van der Waals surface area contributed by atoms with Crippen molar-refractivity contribution in [2.75, 3.05) is 0 Å². The summed E-state index contributed by atoms with van der Waals surface area (Å²) in [4.78, 5) is 25.1. The normalized spacial score (nSPS) is 15.1. The summed E-state index contributed by atoms with van der Waals surface area (Å²) in [5.74, 6) is 1.95. The number of ether oxygens (including phenoxy) is 2. The molecule has 6 nitrogen and oxygen atoms in total. The van der Waals surface area contributed by atoms with E-state index in [1.165, 1.54) is 11.1 Å². The minimum absolute atomic E-state index is 0.329. The highest BCUT2D eigenvalue weighted by Gasteiger charge is 2.46. The maximum absolute atomic E-state index is 12.7. The zero-order valence-electron chi connectivity index (χ0n) is 25.8. The fourth-order valence-corrected chi connectivity index (χ4v) is 7.77. The monoisotopic (exact) mass is 644 g/mol. The number of fused-ring (bicyclic) bond motifs is 5. The first-order valence-corrected chi connectivity index (χ1v) is 16.4. The van der Waals surface area contributed by atoms with Gasteiger partial charge in [-0.25, -0.2) is 0 Å². The zero-order chi connectivity index (χ0) is 32.4. The van der Waals surface area contributed by atoms with E-state index in [1.54, 1.807) is 18.2 Å². The van der Waals surface area contributed by atoms with Crippen LogP contribution in [0.1, 0.15) is 54.1 Å². The van der Waals surface area contributed by atoms with Crippen LogP contribution in [0.3, 0.4) is 0 Å². The van der Waals surface area contributed by atoms with Gasteiger partial charge in [-0.15, -0.1) is 0 Å². The highest BCUT2D eigenvalue weighted by atomic mass is 31.0. The van der Waals surface area contributed by atoms with Crippen molar-refractivity contribution < 1.29 is 19.1 Å². The van der Waals surface area contributed by atoms with E-state index in [-0.39, 0.29) is 11.8 Å². The van der Waals surface area contributed by atoms with E-state index in [2.05, 4.69) is 106 Å². The quantitative estimate of drug-likeness (QED) is 0.145. The van der Waals surface area contributed by atoms with Gasteiger partial charge in [0.15, 0.2) is 0 Å². The molecule has 232 valence electrons. The summed E-state index contributed by atoms with van der Waals surface area (Å²) in [6.45, 7) is 1.72. The lowest BCUT2D eigenvalue weighted by molar-refractivity contribution is 0.0775. The molecular formula is C41H29N2O4P. The van der Waals surface area contributed by atoms with Crippen LogP contribution < -0.4 is 14.8 Å². The van der Waals surface area contributed by atoms with Crippen LogP contribution in [-0.2, 0) is 18.5 Å². The number of rotatable bonds is 6. The molecule has 0 saturated carbocycles. The number of nitrogens with one attached hydrogen (secondary N) is 1. The van der Waals surface area contributed by atoms with Crippen molar-refractivity contribution in [1.82, 2.24) is 9.99 Å². The lowest BCUT2D eigenvalue weighted by Crippen LogP contribution is -2.28. The summed E-state index contributed by atoms with van der Waals surface area (Å²) in [5, 5.41) is 3.40. The summed E-state index contributed by atoms with van der Waals surface area (Å²) in [5.41, 5.74) is 9.38. The molecule has 1 aliphatic carbocycles. The van der Waals surface area contributed by atoms with Crippen molar-refractivity contribution in [3.05, 3.63) is 178 Å². The molecule has 1 unspecified atom stereocenters. The zero-order valence-corrected chi connectivity index (χ0v) is 26.9. The maximum atomic E-state index is 12.7. The Labute approximate surface area is 280 Å². The molecule has 0 aromatic heterocycles. The molecule has 0 spiro atoms. The molecule has 1 atom stereocenters. The molecule has 3 aliphatic rings. The van der Waals surface area contributed by atoms with Crippen LogP contribution in [0.2, 0.25) is 0 Å². The highest BCUT2D eigenvalue weighted by Crippen LogP contribution is 2.57. The molecule has 1 N–H and O–H groups in total. The first-order valence-electron chi connectivity index (χ1n) is 15.9. The van der Waals surface area contributed by atoms with Gasteiger partial charge in [0.1, 0.15) is 23.0 Å². The molecule has 0 fully saturated rings. The third kappa shape index (κ3) is 4.34. The van der Waals surface area contributed by atoms with E-state index in [0.29, 0.717) is 22.6 Å². The van der Waals surface area contributed by atoms with E-state index in [9.17, 15) is 9.59 Å². The molecule has 2 aliphatic heterocycles. The van der Waals surface area contributed by atoms with Gasteiger partial charge >= 0.3 is 0 Å². The van der Waals surface area contributed by atoms with Crippen molar-refractivity contribution in [2.24, 2.45) is 0 Å². The van der Waals surface area contributed by atoms with Gasteiger partial charge in [-0.2, -0.15) is 0 Å². The molecule has 48 heavy (non-hydrogen) atoms. The molecule has 0 saturated heterocycles. The first-order chi connectivity index (χ1) is 23.5. The van der Waals surface area contributed by atoms with Crippen LogP contribution in [0.5, 0.6) is 23.0 Å². The second-order valence-electron chi connectivity index (χ2n) is 12.3. The van der Waals surface area contributed by atoms with Crippen LogP contribution in [-0.4, -0.2) is 16.5 Å².